The first-order valence-corrected chi connectivity index (χ1v) is 23.7. The minimum Gasteiger partial charge on any atom is -0.465 e. The van der Waals surface area contributed by atoms with Gasteiger partial charge in [-0.2, -0.15) is 19.4 Å². The zero-order valence-electron chi connectivity index (χ0n) is 36.5. The molecule has 3 N–H and O–H groups in total. The van der Waals surface area contributed by atoms with Crippen molar-refractivity contribution in [3.63, 3.8) is 0 Å². The molecule has 0 radical (unpaired) electrons. The van der Waals surface area contributed by atoms with E-state index in [1.807, 2.05) is 30.3 Å². The Bertz CT molecular complexity index is 2110. The Morgan fingerprint density at radius 1 is 0.921 bits per heavy atom. The van der Waals surface area contributed by atoms with E-state index in [2.05, 4.69) is 39.8 Å². The van der Waals surface area contributed by atoms with Crippen LogP contribution in [-0.4, -0.2) is 69.2 Å². The highest BCUT2D eigenvalue weighted by atomic mass is 31.2. The maximum Gasteiger partial charge on any atom is 0.508 e. The predicted octanol–water partition coefficient (Wildman–Crippen LogP) is 9.81. The topological polar surface area (TPSA) is 188 Å². The van der Waals surface area contributed by atoms with Gasteiger partial charge in [0.2, 0.25) is 0 Å². The van der Waals surface area contributed by atoms with Gasteiger partial charge in [-0.05, 0) is 37.0 Å². The number of anilines is 1. The van der Waals surface area contributed by atoms with E-state index in [0.717, 1.165) is 44.1 Å². The lowest BCUT2D eigenvalue weighted by molar-refractivity contribution is -0.146. The summed E-state index contributed by atoms with van der Waals surface area (Å²) < 4.78 is 66.4. The molecule has 2 aromatic heterocycles. The van der Waals surface area contributed by atoms with Crippen LogP contribution in [0.25, 0.3) is 11.2 Å². The van der Waals surface area contributed by atoms with E-state index in [4.69, 9.17) is 40.2 Å². The van der Waals surface area contributed by atoms with Crippen LogP contribution in [0.5, 0.6) is 5.75 Å². The Kier molecular flexibility index (Phi) is 19.6. The van der Waals surface area contributed by atoms with Crippen LogP contribution in [0.2, 0.25) is 0 Å². The molecule has 63 heavy (non-hydrogen) atoms. The van der Waals surface area contributed by atoms with E-state index >= 15 is 4.57 Å². The summed E-state index contributed by atoms with van der Waals surface area (Å²) in [4.78, 5) is 38.6. The molecule has 5 rings (SSSR count). The average Bonchev–Trinajstić information content (AvgIpc) is 3.87. The number of ether oxygens (including phenoxy) is 4. The van der Waals surface area contributed by atoms with Gasteiger partial charge in [0.05, 0.1) is 19.5 Å². The molecule has 0 amide bonds. The number of aromatic nitrogens is 4. The average molecular weight is 893 g/mol. The fourth-order valence-corrected chi connectivity index (χ4v) is 8.80. The Labute approximate surface area is 369 Å². The molecule has 3 heterocycles. The number of terminal acetylenes is 1. The van der Waals surface area contributed by atoms with Crippen molar-refractivity contribution in [2.75, 3.05) is 25.6 Å². The number of unbranched alkanes of at least 4 members (excludes halogenated alkanes) is 12. The summed E-state index contributed by atoms with van der Waals surface area (Å²) in [5.74, 6) is 1.87. The molecule has 1 fully saturated rings. The first-order valence-electron chi connectivity index (χ1n) is 22.2. The number of imidazole rings is 1. The largest absolute Gasteiger partial charge is 0.508 e. The van der Waals surface area contributed by atoms with E-state index in [1.54, 1.807) is 30.3 Å². The van der Waals surface area contributed by atoms with Crippen molar-refractivity contribution in [3.05, 3.63) is 78.6 Å². The van der Waals surface area contributed by atoms with Crippen LogP contribution in [0.4, 0.5) is 15.0 Å². The molecule has 15 nitrogen and oxygen atoms in total. The number of para-hydroxylation sites is 1. The quantitative estimate of drug-likeness (QED) is 0.0180. The van der Waals surface area contributed by atoms with Crippen molar-refractivity contribution in [1.82, 2.24) is 24.6 Å². The number of rotatable bonds is 28. The zero-order chi connectivity index (χ0) is 44.9. The molecule has 0 unspecified atom stereocenters. The van der Waals surface area contributed by atoms with E-state index in [9.17, 15) is 14.0 Å². The molecule has 0 saturated carbocycles. The van der Waals surface area contributed by atoms with Crippen LogP contribution in [0.3, 0.4) is 0 Å². The van der Waals surface area contributed by atoms with Crippen LogP contribution in [-0.2, 0) is 39.3 Å². The van der Waals surface area contributed by atoms with Crippen LogP contribution in [0.1, 0.15) is 122 Å². The summed E-state index contributed by atoms with van der Waals surface area (Å²) in [6, 6.07) is 16.3. The van der Waals surface area contributed by atoms with E-state index in [1.165, 1.54) is 49.4 Å². The molecular weight excluding hydrogens is 831 g/mol. The van der Waals surface area contributed by atoms with Crippen molar-refractivity contribution in [2.24, 2.45) is 0 Å². The highest BCUT2D eigenvalue weighted by molar-refractivity contribution is 7.52. The molecule has 2 aromatic carbocycles. The van der Waals surface area contributed by atoms with Gasteiger partial charge in [-0.15, -0.1) is 6.42 Å². The summed E-state index contributed by atoms with van der Waals surface area (Å²) in [7, 11) is -4.59. The molecule has 342 valence electrons. The van der Waals surface area contributed by atoms with Crippen molar-refractivity contribution < 1.29 is 46.5 Å². The maximum absolute atomic E-state index is 15.1. The molecule has 0 spiro atoms. The first kappa shape index (κ1) is 49.0. The molecule has 1 aliphatic rings. The second kappa shape index (κ2) is 25.3. The molecule has 0 aliphatic carbocycles. The molecule has 17 heteroatoms. The molecule has 5 atom stereocenters. The number of nitrogens with two attached hydrogens (primary N) is 1. The number of nitrogens with one attached hydrogen (secondary N) is 1. The third-order valence-electron chi connectivity index (χ3n) is 10.8. The van der Waals surface area contributed by atoms with Gasteiger partial charge in [-0.3, -0.25) is 13.9 Å². The third-order valence-corrected chi connectivity index (χ3v) is 12.3. The lowest BCUT2D eigenvalue weighted by Gasteiger charge is -2.31. The van der Waals surface area contributed by atoms with Crippen LogP contribution < -0.4 is 15.3 Å². The second-order valence-electron chi connectivity index (χ2n) is 15.7. The van der Waals surface area contributed by atoms with Crippen molar-refractivity contribution in [3.8, 4) is 18.1 Å². The maximum atomic E-state index is 15.1. The monoisotopic (exact) mass is 892 g/mol. The first-order chi connectivity index (χ1) is 30.6. The van der Waals surface area contributed by atoms with Gasteiger partial charge in [0, 0.05) is 6.42 Å². The van der Waals surface area contributed by atoms with Crippen LogP contribution in [0.15, 0.2) is 67.0 Å². The minimum absolute atomic E-state index is 0.00388. The Morgan fingerprint density at radius 3 is 2.17 bits per heavy atom. The van der Waals surface area contributed by atoms with Crippen molar-refractivity contribution in [1.29, 1.82) is 0 Å². The molecular formula is C46H62FN6O9P. The number of hydrogen-bond donors (Lipinski definition) is 2. The van der Waals surface area contributed by atoms with Crippen molar-refractivity contribution >= 4 is 36.9 Å². The summed E-state index contributed by atoms with van der Waals surface area (Å²) in [5, 5.41) is 2.85. The molecule has 4 aromatic rings. The number of fused-ring (bicyclic) bond motifs is 1. The van der Waals surface area contributed by atoms with Gasteiger partial charge in [-0.1, -0.05) is 145 Å². The number of halogens is 1. The number of nitrogen functional groups attached to an aromatic ring is 1. The number of carbonyl (C=O) groups excluding carboxylic acids is 2. The standard InChI is InChI=1S/C46H62FN6O9P/c1-4-7-9-11-12-13-14-15-16-24-29-57-43(54)37(31-35-25-19-17-20-26-35)52-63(56,62-36-27-21-18-22-28-36)59-33-46(6-3)38(60-45(55)58-30-23-10-8-5-2)32-39(61-46)53-34-49-40-41(48)50-44(47)51-42(40)53/h3,17-22,25-28,34,37-39H,4-5,7-16,23-24,29-33H2,1-2H3,(H,52,56)(H2,48,50,51)/t37-,38-,39+,46+,63-/m0/s1. The van der Waals surface area contributed by atoms with Gasteiger partial charge in [0.15, 0.2) is 28.7 Å². The van der Waals surface area contributed by atoms with Crippen LogP contribution >= 0.6 is 7.75 Å². The van der Waals surface area contributed by atoms with Gasteiger partial charge < -0.3 is 29.2 Å². The van der Waals surface area contributed by atoms with E-state index in [-0.39, 0.29) is 48.8 Å². The van der Waals surface area contributed by atoms with E-state index in [0.29, 0.717) is 12.8 Å². The van der Waals surface area contributed by atoms with Gasteiger partial charge >= 0.3 is 25.9 Å². The van der Waals surface area contributed by atoms with Gasteiger partial charge in [0.1, 0.15) is 24.6 Å². The normalized spacial score (nSPS) is 18.6. The summed E-state index contributed by atoms with van der Waals surface area (Å²) >= 11 is 0. The Balaban J connectivity index is 1.36. The highest BCUT2D eigenvalue weighted by Crippen LogP contribution is 2.49. The molecule has 0 bridgehead atoms. The van der Waals surface area contributed by atoms with Gasteiger partial charge in [-0.25, -0.2) is 14.3 Å². The Hall–Kier alpha value is -5.07. The van der Waals surface area contributed by atoms with Gasteiger partial charge in [0.25, 0.3) is 0 Å². The molecule has 1 saturated heterocycles. The smallest absolute Gasteiger partial charge is 0.465 e. The summed E-state index contributed by atoms with van der Waals surface area (Å²) in [6.07, 6.45) is 17.7. The summed E-state index contributed by atoms with van der Waals surface area (Å²) in [5.41, 5.74) is 4.84. The Morgan fingerprint density at radius 2 is 1.52 bits per heavy atom. The molecule has 1 aliphatic heterocycles. The number of esters is 1. The third kappa shape index (κ3) is 15.0. The minimum atomic E-state index is -4.59. The second-order valence-corrected chi connectivity index (χ2v) is 17.4. The van der Waals surface area contributed by atoms with Crippen LogP contribution in [0, 0.1) is 18.4 Å². The van der Waals surface area contributed by atoms with E-state index < -0.39 is 56.5 Å². The number of carbonyl (C=O) groups is 2. The number of hydrogen-bond acceptors (Lipinski definition) is 13. The fourth-order valence-electron chi connectivity index (χ4n) is 7.28. The van der Waals surface area contributed by atoms with Crippen molar-refractivity contribution in [2.45, 2.75) is 141 Å². The predicted molar refractivity (Wildman–Crippen MR) is 237 cm³/mol. The SMILES string of the molecule is C#C[C@]1(CO[P@@](=O)(N[C@@H](Cc2ccccc2)C(=O)OCCCCCCCCCCCC)Oc2ccccc2)O[C@@H](n2cnc3c(N)nc(F)nc32)C[C@@H]1OC(=O)OCCCCCC. The fraction of sp³-hybridized carbons (Fsp3) is 0.543. The number of nitrogens with zero attached hydrogens (tertiary/aromatic N) is 4. The zero-order valence-corrected chi connectivity index (χ0v) is 37.4. The lowest BCUT2D eigenvalue weighted by Crippen LogP contribution is -2.46. The number of benzene rings is 2. The summed E-state index contributed by atoms with van der Waals surface area (Å²) in [6.45, 7) is 3.89. The highest BCUT2D eigenvalue weighted by Gasteiger charge is 2.53. The lowest BCUT2D eigenvalue weighted by atomic mass is 9.99.